The van der Waals surface area contributed by atoms with Gasteiger partial charge in [-0.15, -0.1) is 0 Å². The van der Waals surface area contributed by atoms with Crippen molar-refractivity contribution in [3.63, 3.8) is 0 Å². The van der Waals surface area contributed by atoms with Gasteiger partial charge in [-0.25, -0.2) is 0 Å². The number of benzene rings is 1. The van der Waals surface area contributed by atoms with E-state index < -0.39 is 0 Å². The smallest absolute Gasteiger partial charge is 0.249 e. The highest BCUT2D eigenvalue weighted by Crippen LogP contribution is 2.41. The number of nitrogens with one attached hydrogen (secondary N) is 1. The van der Waals surface area contributed by atoms with E-state index >= 15 is 0 Å². The Labute approximate surface area is 126 Å². The first kappa shape index (κ1) is 14.1. The number of likely N-dealkylation sites (N-methyl/N-ethyl adjacent to an activating group) is 1. The fraction of sp³-hybridized carbons (Fsp3) is 0.471. The summed E-state index contributed by atoms with van der Waals surface area (Å²) >= 11 is 0. The van der Waals surface area contributed by atoms with Crippen LogP contribution < -0.4 is 16.0 Å². The van der Waals surface area contributed by atoms with Crippen LogP contribution in [0.1, 0.15) is 41.8 Å². The van der Waals surface area contributed by atoms with Crippen LogP contribution in [-0.4, -0.2) is 32.1 Å². The van der Waals surface area contributed by atoms with Crippen molar-refractivity contribution in [3.8, 4) is 0 Å². The van der Waals surface area contributed by atoms with Gasteiger partial charge in [0.2, 0.25) is 5.91 Å². The predicted octanol–water partition coefficient (Wildman–Crippen LogP) is 1.93. The molecule has 0 aromatic heterocycles. The van der Waals surface area contributed by atoms with Crippen LogP contribution in [0.2, 0.25) is 0 Å². The van der Waals surface area contributed by atoms with Crippen molar-refractivity contribution >= 4 is 17.2 Å². The second-order valence-corrected chi connectivity index (χ2v) is 6.19. The Balaban J connectivity index is 2.10. The van der Waals surface area contributed by atoms with Crippen molar-refractivity contribution in [2.75, 3.05) is 25.0 Å². The number of fused-ring (bicyclic) bond motifs is 1. The third-order valence-electron chi connectivity index (χ3n) is 4.98. The molecule has 21 heavy (non-hydrogen) atoms. The summed E-state index contributed by atoms with van der Waals surface area (Å²) in [5.74, 6) is -0.328. The summed E-state index contributed by atoms with van der Waals surface area (Å²) in [6, 6.07) is 4.46. The number of allylic oxidation sites excluding steroid dienone is 2. The first-order valence-corrected chi connectivity index (χ1v) is 7.56. The van der Waals surface area contributed by atoms with E-state index in [1.165, 1.54) is 22.4 Å². The zero-order valence-corrected chi connectivity index (χ0v) is 13.0. The number of amides is 1. The van der Waals surface area contributed by atoms with Crippen LogP contribution in [0.25, 0.3) is 5.57 Å². The maximum absolute atomic E-state index is 11.7. The fourth-order valence-corrected chi connectivity index (χ4v) is 3.54. The summed E-state index contributed by atoms with van der Waals surface area (Å²) in [7, 11) is 2.15. The topological polar surface area (TPSA) is 58.4 Å². The van der Waals surface area contributed by atoms with Gasteiger partial charge < -0.3 is 16.0 Å². The van der Waals surface area contributed by atoms with E-state index in [9.17, 15) is 4.79 Å². The lowest BCUT2D eigenvalue weighted by atomic mass is 9.97. The molecule has 4 heteroatoms. The Kier molecular flexibility index (Phi) is 3.49. The van der Waals surface area contributed by atoms with Gasteiger partial charge in [0, 0.05) is 36.4 Å². The SMILES string of the molecule is CC1=C(C)c2c(N(C)[C@H]3CCNC3)ccc(C(N)=O)c2C1. The molecule has 1 aliphatic carbocycles. The summed E-state index contributed by atoms with van der Waals surface area (Å²) in [6.07, 6.45) is 1.99. The average molecular weight is 285 g/mol. The number of primary amides is 1. The molecule has 112 valence electrons. The minimum Gasteiger partial charge on any atom is -0.370 e. The Morgan fingerprint density at radius 1 is 1.38 bits per heavy atom. The number of carbonyl (C=O) groups excluding carboxylic acids is 1. The second kappa shape index (κ2) is 5.19. The molecule has 2 aliphatic rings. The maximum Gasteiger partial charge on any atom is 0.249 e. The highest BCUT2D eigenvalue weighted by Gasteiger charge is 2.28. The molecule has 0 unspecified atom stereocenters. The molecule has 3 rings (SSSR count). The van der Waals surface area contributed by atoms with Crippen LogP contribution in [0.3, 0.4) is 0 Å². The average Bonchev–Trinajstić information content (AvgIpc) is 3.07. The molecule has 1 heterocycles. The summed E-state index contributed by atoms with van der Waals surface area (Å²) < 4.78 is 0. The van der Waals surface area contributed by atoms with Crippen molar-refractivity contribution in [1.29, 1.82) is 0 Å². The van der Waals surface area contributed by atoms with Crippen molar-refractivity contribution in [2.45, 2.75) is 32.7 Å². The number of rotatable bonds is 3. The first-order chi connectivity index (χ1) is 10.0. The molecule has 4 nitrogen and oxygen atoms in total. The summed E-state index contributed by atoms with van der Waals surface area (Å²) in [6.45, 7) is 6.38. The van der Waals surface area contributed by atoms with E-state index in [1.807, 2.05) is 6.07 Å². The third-order valence-corrected chi connectivity index (χ3v) is 4.98. The van der Waals surface area contributed by atoms with Crippen LogP contribution in [0.4, 0.5) is 5.69 Å². The lowest BCUT2D eigenvalue weighted by molar-refractivity contribution is 0.0999. The summed E-state index contributed by atoms with van der Waals surface area (Å²) in [5.41, 5.74) is 12.4. The van der Waals surface area contributed by atoms with Gasteiger partial charge in [-0.2, -0.15) is 0 Å². The van der Waals surface area contributed by atoms with Crippen LogP contribution in [-0.2, 0) is 6.42 Å². The number of nitrogens with zero attached hydrogens (tertiary/aromatic N) is 1. The van der Waals surface area contributed by atoms with Crippen molar-refractivity contribution < 1.29 is 4.79 Å². The van der Waals surface area contributed by atoms with E-state index in [4.69, 9.17) is 5.73 Å². The van der Waals surface area contributed by atoms with Gasteiger partial charge in [-0.1, -0.05) is 5.57 Å². The largest absolute Gasteiger partial charge is 0.370 e. The molecule has 0 spiro atoms. The molecule has 1 fully saturated rings. The Morgan fingerprint density at radius 3 is 2.76 bits per heavy atom. The third kappa shape index (κ3) is 2.23. The highest BCUT2D eigenvalue weighted by atomic mass is 16.1. The summed E-state index contributed by atoms with van der Waals surface area (Å²) in [4.78, 5) is 14.0. The van der Waals surface area contributed by atoms with Crippen LogP contribution in [0.15, 0.2) is 17.7 Å². The van der Waals surface area contributed by atoms with E-state index in [0.29, 0.717) is 11.6 Å². The number of hydrogen-bond acceptors (Lipinski definition) is 3. The van der Waals surface area contributed by atoms with E-state index in [2.05, 4.69) is 37.2 Å². The van der Waals surface area contributed by atoms with Crippen molar-refractivity contribution in [1.82, 2.24) is 5.32 Å². The van der Waals surface area contributed by atoms with Gasteiger partial charge in [-0.05, 0) is 56.5 Å². The molecule has 1 atom stereocenters. The van der Waals surface area contributed by atoms with E-state index in [1.54, 1.807) is 0 Å². The number of carbonyl (C=O) groups is 1. The Hall–Kier alpha value is -1.81. The van der Waals surface area contributed by atoms with Crippen LogP contribution in [0, 0.1) is 0 Å². The zero-order valence-electron chi connectivity index (χ0n) is 13.0. The minimum absolute atomic E-state index is 0.328. The fourth-order valence-electron chi connectivity index (χ4n) is 3.54. The first-order valence-electron chi connectivity index (χ1n) is 7.56. The molecule has 1 aromatic rings. The number of nitrogens with two attached hydrogens (primary N) is 1. The van der Waals surface area contributed by atoms with Gasteiger partial charge in [0.15, 0.2) is 0 Å². The molecule has 0 radical (unpaired) electrons. The van der Waals surface area contributed by atoms with Gasteiger partial charge in [-0.3, -0.25) is 4.79 Å². The molecular weight excluding hydrogens is 262 g/mol. The lowest BCUT2D eigenvalue weighted by Gasteiger charge is -2.29. The van der Waals surface area contributed by atoms with Gasteiger partial charge in [0.25, 0.3) is 0 Å². The minimum atomic E-state index is -0.328. The molecule has 0 saturated carbocycles. The monoisotopic (exact) mass is 285 g/mol. The number of hydrogen-bond donors (Lipinski definition) is 2. The molecule has 1 aromatic carbocycles. The lowest BCUT2D eigenvalue weighted by Crippen LogP contribution is -2.34. The molecule has 1 amide bonds. The number of anilines is 1. The second-order valence-electron chi connectivity index (χ2n) is 6.19. The molecule has 1 saturated heterocycles. The standard InChI is InChI=1S/C17H23N3O/c1-10-8-14-13(17(18)21)4-5-15(16(14)11(10)2)20(3)12-6-7-19-9-12/h4-5,12,19H,6-9H2,1-3H3,(H2,18,21)/t12-/m0/s1. The summed E-state index contributed by atoms with van der Waals surface area (Å²) in [5, 5.41) is 3.41. The van der Waals surface area contributed by atoms with E-state index in [0.717, 1.165) is 31.5 Å². The predicted molar refractivity (Wildman–Crippen MR) is 86.6 cm³/mol. The van der Waals surface area contributed by atoms with Gasteiger partial charge in [0.05, 0.1) is 0 Å². The van der Waals surface area contributed by atoms with Gasteiger partial charge in [0.1, 0.15) is 0 Å². The quantitative estimate of drug-likeness (QED) is 0.892. The highest BCUT2D eigenvalue weighted by molar-refractivity contribution is 5.99. The van der Waals surface area contributed by atoms with E-state index in [-0.39, 0.29) is 5.91 Å². The molecule has 1 aliphatic heterocycles. The van der Waals surface area contributed by atoms with Crippen LogP contribution >= 0.6 is 0 Å². The van der Waals surface area contributed by atoms with Crippen molar-refractivity contribution in [3.05, 3.63) is 34.4 Å². The molecule has 0 bridgehead atoms. The maximum atomic E-state index is 11.7. The normalized spacial score (nSPS) is 20.8. The molecular formula is C17H23N3O. The van der Waals surface area contributed by atoms with Gasteiger partial charge >= 0.3 is 0 Å². The Morgan fingerprint density at radius 2 is 2.14 bits per heavy atom. The molecule has 3 N–H and O–H groups in total. The van der Waals surface area contributed by atoms with Crippen LogP contribution in [0.5, 0.6) is 0 Å². The zero-order chi connectivity index (χ0) is 15.1. The van der Waals surface area contributed by atoms with Crippen molar-refractivity contribution in [2.24, 2.45) is 5.73 Å². The Bertz CT molecular complexity index is 627.